The number of nitrogens with zero attached hydrogens (tertiary/aromatic N) is 2. The maximum atomic E-state index is 12.2. The van der Waals surface area contributed by atoms with E-state index in [-0.39, 0.29) is 5.91 Å². The topological polar surface area (TPSA) is 87.6 Å². The number of amides is 1. The van der Waals surface area contributed by atoms with Gasteiger partial charge in [-0.3, -0.25) is 4.79 Å². The van der Waals surface area contributed by atoms with Gasteiger partial charge in [0, 0.05) is 43.5 Å². The summed E-state index contributed by atoms with van der Waals surface area (Å²) >= 11 is 11.8. The molecule has 0 fully saturated rings. The number of carbonyl (C=O) groups excluding carboxylic acids is 1. The average Bonchev–Trinajstić information content (AvgIpc) is 2.80. The zero-order chi connectivity index (χ0) is 23.4. The summed E-state index contributed by atoms with van der Waals surface area (Å²) in [5.74, 6) is 1.29. The van der Waals surface area contributed by atoms with E-state index >= 15 is 0 Å². The van der Waals surface area contributed by atoms with Crippen molar-refractivity contribution in [1.82, 2.24) is 10.2 Å². The number of benzene rings is 1. The summed E-state index contributed by atoms with van der Waals surface area (Å²) in [6, 6.07) is 8.48. The molecule has 0 atom stereocenters. The molecule has 0 heterocycles. The summed E-state index contributed by atoms with van der Waals surface area (Å²) in [5.41, 5.74) is 13.6. The first-order valence-corrected chi connectivity index (χ1v) is 13.1. The van der Waals surface area contributed by atoms with Gasteiger partial charge >= 0.3 is 0 Å². The molecule has 184 valence electrons. The molecule has 0 radical (unpaired) electrons. The van der Waals surface area contributed by atoms with Gasteiger partial charge in [-0.05, 0) is 88.9 Å². The lowest BCUT2D eigenvalue weighted by Gasteiger charge is -2.23. The Kier molecular flexibility index (Phi) is 17.6. The van der Waals surface area contributed by atoms with Crippen molar-refractivity contribution in [3.8, 4) is 0 Å². The predicted octanol–water partition coefficient (Wildman–Crippen LogP) is 3.19. The number of unbranched alkanes of at least 4 members (excludes halogenated alkanes) is 1. The highest BCUT2D eigenvalue weighted by molar-refractivity contribution is 6.18. The van der Waals surface area contributed by atoms with E-state index < -0.39 is 0 Å². The molecule has 0 spiro atoms. The monoisotopic (exact) mass is 487 g/mol. The third-order valence-electron chi connectivity index (χ3n) is 5.46. The number of halogens is 2. The Morgan fingerprint density at radius 1 is 0.812 bits per heavy atom. The number of nitrogens with one attached hydrogen (secondary N) is 1. The first kappa shape index (κ1) is 29.0. The van der Waals surface area contributed by atoms with Crippen LogP contribution in [0.25, 0.3) is 0 Å². The summed E-state index contributed by atoms with van der Waals surface area (Å²) in [5, 5.41) is 3.06. The van der Waals surface area contributed by atoms with Crippen LogP contribution in [0, 0.1) is 0 Å². The van der Waals surface area contributed by atoms with E-state index in [1.54, 1.807) is 0 Å². The first-order chi connectivity index (χ1) is 15.6. The van der Waals surface area contributed by atoms with Gasteiger partial charge in [-0.1, -0.05) is 12.1 Å². The number of hydrogen-bond acceptors (Lipinski definition) is 5. The Morgan fingerprint density at radius 2 is 1.44 bits per heavy atom. The van der Waals surface area contributed by atoms with Gasteiger partial charge in [-0.15, -0.1) is 23.2 Å². The Morgan fingerprint density at radius 3 is 2.06 bits per heavy atom. The van der Waals surface area contributed by atoms with E-state index in [0.29, 0.717) is 24.7 Å². The van der Waals surface area contributed by atoms with Crippen molar-refractivity contribution in [2.45, 2.75) is 44.9 Å². The van der Waals surface area contributed by atoms with Crippen LogP contribution in [0.3, 0.4) is 0 Å². The minimum Gasteiger partial charge on any atom is -0.369 e. The van der Waals surface area contributed by atoms with Gasteiger partial charge in [0.05, 0.1) is 0 Å². The van der Waals surface area contributed by atoms with E-state index in [9.17, 15) is 4.79 Å². The van der Waals surface area contributed by atoms with Crippen molar-refractivity contribution in [3.05, 3.63) is 29.8 Å². The number of aryl methyl sites for hydroxylation is 1. The highest BCUT2D eigenvalue weighted by atomic mass is 35.5. The number of anilines is 1. The van der Waals surface area contributed by atoms with Crippen LogP contribution < -0.4 is 21.7 Å². The fourth-order valence-electron chi connectivity index (χ4n) is 3.65. The number of nitrogens with two attached hydrogens (primary N) is 2. The Labute approximate surface area is 205 Å². The number of carbonyl (C=O) groups is 1. The third-order valence-corrected chi connectivity index (χ3v) is 5.80. The van der Waals surface area contributed by atoms with Crippen molar-refractivity contribution in [3.63, 3.8) is 0 Å². The highest BCUT2D eigenvalue weighted by Crippen LogP contribution is 2.17. The Bertz CT molecular complexity index is 582. The number of hydrogen-bond donors (Lipinski definition) is 3. The smallest absolute Gasteiger partial charge is 0.220 e. The summed E-state index contributed by atoms with van der Waals surface area (Å²) in [6.45, 7) is 6.81. The molecule has 0 aliphatic rings. The fourth-order valence-corrected chi connectivity index (χ4v) is 4.06. The zero-order valence-electron chi connectivity index (χ0n) is 19.5. The molecule has 0 aromatic heterocycles. The van der Waals surface area contributed by atoms with Crippen LogP contribution in [-0.4, -0.2) is 74.9 Å². The molecule has 1 aromatic carbocycles. The average molecular weight is 489 g/mol. The SMILES string of the molecule is NCCCCN(CCCN)CCCNC(=O)CCCc1ccc(N(CCCl)CCCl)cc1. The molecular weight excluding hydrogens is 445 g/mol. The minimum atomic E-state index is 0.133. The molecule has 0 saturated carbocycles. The normalized spacial score (nSPS) is 11.2. The van der Waals surface area contributed by atoms with Gasteiger partial charge in [-0.25, -0.2) is 0 Å². The molecule has 8 heteroatoms. The second-order valence-corrected chi connectivity index (χ2v) is 8.82. The van der Waals surface area contributed by atoms with Gasteiger partial charge in [0.1, 0.15) is 0 Å². The van der Waals surface area contributed by atoms with Gasteiger partial charge in [0.2, 0.25) is 5.91 Å². The van der Waals surface area contributed by atoms with E-state index in [1.165, 1.54) is 5.56 Å². The van der Waals surface area contributed by atoms with E-state index in [0.717, 1.165) is 90.0 Å². The lowest BCUT2D eigenvalue weighted by molar-refractivity contribution is -0.121. The molecule has 0 saturated heterocycles. The second-order valence-electron chi connectivity index (χ2n) is 8.07. The molecule has 0 bridgehead atoms. The molecular formula is C24H43Cl2N5O. The van der Waals surface area contributed by atoms with Gasteiger partial charge in [0.15, 0.2) is 0 Å². The van der Waals surface area contributed by atoms with Crippen molar-refractivity contribution in [1.29, 1.82) is 0 Å². The highest BCUT2D eigenvalue weighted by Gasteiger charge is 2.07. The summed E-state index contributed by atoms with van der Waals surface area (Å²) in [4.78, 5) is 16.8. The largest absolute Gasteiger partial charge is 0.369 e. The van der Waals surface area contributed by atoms with Crippen LogP contribution in [0.1, 0.15) is 44.1 Å². The zero-order valence-corrected chi connectivity index (χ0v) is 21.1. The number of alkyl halides is 2. The maximum Gasteiger partial charge on any atom is 0.220 e. The van der Waals surface area contributed by atoms with Gasteiger partial charge in [0.25, 0.3) is 0 Å². The van der Waals surface area contributed by atoms with Crippen LogP contribution in [0.2, 0.25) is 0 Å². The molecule has 1 amide bonds. The third kappa shape index (κ3) is 13.5. The maximum absolute atomic E-state index is 12.2. The lowest BCUT2D eigenvalue weighted by atomic mass is 10.1. The molecule has 32 heavy (non-hydrogen) atoms. The van der Waals surface area contributed by atoms with Crippen molar-refractivity contribution in [2.24, 2.45) is 11.5 Å². The molecule has 6 nitrogen and oxygen atoms in total. The summed E-state index contributed by atoms with van der Waals surface area (Å²) < 4.78 is 0. The molecule has 0 aliphatic heterocycles. The lowest BCUT2D eigenvalue weighted by Crippen LogP contribution is -2.32. The minimum absolute atomic E-state index is 0.133. The molecule has 0 aliphatic carbocycles. The van der Waals surface area contributed by atoms with Crippen LogP contribution in [0.4, 0.5) is 5.69 Å². The van der Waals surface area contributed by atoms with Crippen molar-refractivity contribution in [2.75, 3.05) is 69.0 Å². The molecule has 1 rings (SSSR count). The summed E-state index contributed by atoms with van der Waals surface area (Å²) in [7, 11) is 0. The molecule has 1 aromatic rings. The van der Waals surface area contributed by atoms with Gasteiger partial charge < -0.3 is 26.6 Å². The van der Waals surface area contributed by atoms with E-state index in [2.05, 4.69) is 39.4 Å². The van der Waals surface area contributed by atoms with Crippen molar-refractivity contribution < 1.29 is 4.79 Å². The first-order valence-electron chi connectivity index (χ1n) is 12.0. The standard InChI is InChI=1S/C24H43Cl2N5O/c25-12-20-31(21-13-26)23-10-8-22(9-11-23)6-3-7-24(32)29-16-5-19-30(18-4-15-28)17-2-1-14-27/h8-11H,1-7,12-21,27-28H2,(H,29,32). The predicted molar refractivity (Wildman–Crippen MR) is 139 cm³/mol. The summed E-state index contributed by atoms with van der Waals surface area (Å²) in [6.07, 6.45) is 6.44. The Balaban J connectivity index is 2.24. The van der Waals surface area contributed by atoms with Gasteiger partial charge in [-0.2, -0.15) is 0 Å². The second kappa shape index (κ2) is 19.4. The quantitative estimate of drug-likeness (QED) is 0.194. The van der Waals surface area contributed by atoms with E-state index in [1.807, 2.05) is 0 Å². The van der Waals surface area contributed by atoms with Crippen LogP contribution in [0.5, 0.6) is 0 Å². The van der Waals surface area contributed by atoms with Crippen LogP contribution in [0.15, 0.2) is 24.3 Å². The Hall–Kier alpha value is -1.05. The van der Waals surface area contributed by atoms with Crippen LogP contribution in [-0.2, 0) is 11.2 Å². The molecule has 5 N–H and O–H groups in total. The number of rotatable bonds is 20. The van der Waals surface area contributed by atoms with Crippen LogP contribution >= 0.6 is 23.2 Å². The molecule has 0 unspecified atom stereocenters. The van der Waals surface area contributed by atoms with E-state index in [4.69, 9.17) is 34.7 Å². The fraction of sp³-hybridized carbons (Fsp3) is 0.708. The van der Waals surface area contributed by atoms with Crippen molar-refractivity contribution >= 4 is 34.8 Å².